The lowest BCUT2D eigenvalue weighted by Crippen LogP contribution is -2.08. The van der Waals surface area contributed by atoms with Crippen molar-refractivity contribution in [2.45, 2.75) is 26.7 Å². The average Bonchev–Trinajstić information content (AvgIpc) is 2.27. The highest BCUT2D eigenvalue weighted by Gasteiger charge is 2.09. The first kappa shape index (κ1) is 13.4. The normalized spacial score (nSPS) is 10.1. The highest BCUT2D eigenvalue weighted by molar-refractivity contribution is 5.89. The van der Waals surface area contributed by atoms with Crippen molar-refractivity contribution >= 4 is 11.8 Å². The number of Topliss-reactive ketones (excluding diaryl/α,β-unsaturated/α-hetero) is 1. The number of esters is 1. The Bertz CT molecular complexity index is 427. The molecular formula is C13H15FO3. The fourth-order valence-corrected chi connectivity index (χ4v) is 1.29. The number of aryl methyl sites for hydroxylation is 1. The number of ether oxygens (including phenoxy) is 1. The predicted octanol–water partition coefficient (Wildman–Crippen LogP) is 2.66. The van der Waals surface area contributed by atoms with E-state index in [1.807, 2.05) is 0 Å². The molecule has 0 spiro atoms. The molecule has 92 valence electrons. The first-order valence-electron chi connectivity index (χ1n) is 5.43. The molecule has 0 N–H and O–H groups in total. The summed E-state index contributed by atoms with van der Waals surface area (Å²) in [6, 6.07) is 4.20. The third kappa shape index (κ3) is 4.34. The number of hydrogen-bond acceptors (Lipinski definition) is 3. The van der Waals surface area contributed by atoms with Gasteiger partial charge in [-0.2, -0.15) is 0 Å². The maximum Gasteiger partial charge on any atom is 0.338 e. The molecule has 1 rings (SSSR count). The Hall–Kier alpha value is -1.71. The molecule has 0 heterocycles. The second-order valence-corrected chi connectivity index (χ2v) is 3.91. The second-order valence-electron chi connectivity index (χ2n) is 3.91. The quantitative estimate of drug-likeness (QED) is 0.585. The summed E-state index contributed by atoms with van der Waals surface area (Å²) in [5.41, 5.74) is 0.675. The van der Waals surface area contributed by atoms with Crippen molar-refractivity contribution in [2.24, 2.45) is 0 Å². The van der Waals surface area contributed by atoms with Gasteiger partial charge >= 0.3 is 5.97 Å². The number of carbonyl (C=O) groups excluding carboxylic acids is 2. The van der Waals surface area contributed by atoms with Crippen LogP contribution in [0.2, 0.25) is 0 Å². The molecule has 1 aromatic rings. The van der Waals surface area contributed by atoms with Gasteiger partial charge in [-0.25, -0.2) is 9.18 Å². The number of carbonyl (C=O) groups is 2. The number of hydrogen-bond donors (Lipinski definition) is 0. The first-order chi connectivity index (χ1) is 8.00. The van der Waals surface area contributed by atoms with Gasteiger partial charge in [-0.05, 0) is 38.0 Å². The molecule has 0 aliphatic heterocycles. The molecular weight excluding hydrogens is 223 g/mol. The molecule has 0 saturated heterocycles. The van der Waals surface area contributed by atoms with Crippen molar-refractivity contribution < 1.29 is 18.7 Å². The third-order valence-corrected chi connectivity index (χ3v) is 2.31. The molecule has 0 unspecified atom stereocenters. The smallest absolute Gasteiger partial charge is 0.338 e. The number of halogens is 1. The highest BCUT2D eigenvalue weighted by atomic mass is 19.1. The first-order valence-corrected chi connectivity index (χ1v) is 5.43. The van der Waals surface area contributed by atoms with Crippen LogP contribution in [0.3, 0.4) is 0 Å². The summed E-state index contributed by atoms with van der Waals surface area (Å²) in [4.78, 5) is 22.1. The molecule has 0 aromatic heterocycles. The molecule has 0 atom stereocenters. The molecule has 0 aliphatic carbocycles. The average molecular weight is 238 g/mol. The Kier molecular flexibility index (Phi) is 4.82. The molecule has 1 aromatic carbocycles. The minimum absolute atomic E-state index is 0.0578. The van der Waals surface area contributed by atoms with Gasteiger partial charge in [0.25, 0.3) is 0 Å². The predicted molar refractivity (Wildman–Crippen MR) is 61.3 cm³/mol. The fraction of sp³-hybridized carbons (Fsp3) is 0.385. The van der Waals surface area contributed by atoms with Crippen LogP contribution in [-0.2, 0) is 9.53 Å². The molecule has 3 nitrogen and oxygen atoms in total. The second kappa shape index (κ2) is 6.13. The maximum absolute atomic E-state index is 13.2. The zero-order chi connectivity index (χ0) is 12.8. The van der Waals surface area contributed by atoms with Gasteiger partial charge in [0.1, 0.15) is 11.6 Å². The van der Waals surface area contributed by atoms with Gasteiger partial charge < -0.3 is 9.53 Å². The van der Waals surface area contributed by atoms with Crippen LogP contribution < -0.4 is 0 Å². The van der Waals surface area contributed by atoms with Crippen LogP contribution in [0.4, 0.5) is 4.39 Å². The van der Waals surface area contributed by atoms with Gasteiger partial charge in [-0.15, -0.1) is 0 Å². The molecule has 17 heavy (non-hydrogen) atoms. The topological polar surface area (TPSA) is 43.4 Å². The lowest BCUT2D eigenvalue weighted by atomic mass is 10.1. The van der Waals surface area contributed by atoms with Gasteiger partial charge in [0, 0.05) is 6.42 Å². The Morgan fingerprint density at radius 1 is 1.35 bits per heavy atom. The van der Waals surface area contributed by atoms with Gasteiger partial charge in [-0.1, -0.05) is 6.07 Å². The Balaban J connectivity index is 2.47. The Morgan fingerprint density at radius 2 is 2.06 bits per heavy atom. The van der Waals surface area contributed by atoms with Crippen LogP contribution in [0.5, 0.6) is 0 Å². The summed E-state index contributed by atoms with van der Waals surface area (Å²) in [6.45, 7) is 3.28. The van der Waals surface area contributed by atoms with Crippen LogP contribution >= 0.6 is 0 Å². The van der Waals surface area contributed by atoms with Crippen LogP contribution in [0.25, 0.3) is 0 Å². The summed E-state index contributed by atoms with van der Waals surface area (Å²) in [6.07, 6.45) is 0.880. The van der Waals surface area contributed by atoms with E-state index < -0.39 is 11.8 Å². The van der Waals surface area contributed by atoms with Crippen molar-refractivity contribution in [3.63, 3.8) is 0 Å². The van der Waals surface area contributed by atoms with Crippen LogP contribution in [-0.4, -0.2) is 18.4 Å². The van der Waals surface area contributed by atoms with Crippen molar-refractivity contribution in [1.82, 2.24) is 0 Å². The summed E-state index contributed by atoms with van der Waals surface area (Å²) < 4.78 is 18.1. The van der Waals surface area contributed by atoms with Gasteiger partial charge in [0.15, 0.2) is 0 Å². The van der Waals surface area contributed by atoms with Crippen molar-refractivity contribution in [3.05, 3.63) is 35.1 Å². The molecule has 0 fully saturated rings. The minimum Gasteiger partial charge on any atom is -0.462 e. The van der Waals surface area contributed by atoms with E-state index in [2.05, 4.69) is 0 Å². The van der Waals surface area contributed by atoms with E-state index in [-0.39, 0.29) is 18.0 Å². The Morgan fingerprint density at radius 3 is 2.65 bits per heavy atom. The monoisotopic (exact) mass is 238 g/mol. The zero-order valence-electron chi connectivity index (χ0n) is 9.96. The maximum atomic E-state index is 13.2. The van der Waals surface area contributed by atoms with Gasteiger partial charge in [0.2, 0.25) is 0 Å². The molecule has 0 saturated carbocycles. The summed E-state index contributed by atoms with van der Waals surface area (Å²) in [7, 11) is 0. The zero-order valence-corrected chi connectivity index (χ0v) is 9.96. The lowest BCUT2D eigenvalue weighted by molar-refractivity contribution is -0.117. The number of rotatable bonds is 5. The molecule has 0 radical (unpaired) electrons. The van der Waals surface area contributed by atoms with Crippen LogP contribution in [0.1, 0.15) is 35.7 Å². The summed E-state index contributed by atoms with van der Waals surface area (Å²) in [5, 5.41) is 0. The molecule has 0 amide bonds. The van der Waals surface area contributed by atoms with Crippen LogP contribution in [0, 0.1) is 12.7 Å². The van der Waals surface area contributed by atoms with E-state index in [9.17, 15) is 14.0 Å². The van der Waals surface area contributed by atoms with E-state index in [1.165, 1.54) is 19.1 Å². The van der Waals surface area contributed by atoms with Crippen molar-refractivity contribution in [2.75, 3.05) is 6.61 Å². The summed E-state index contributed by atoms with van der Waals surface area (Å²) in [5.74, 6) is -0.932. The summed E-state index contributed by atoms with van der Waals surface area (Å²) >= 11 is 0. The van der Waals surface area contributed by atoms with Gasteiger partial charge in [0.05, 0.1) is 12.2 Å². The molecule has 0 bridgehead atoms. The van der Waals surface area contributed by atoms with E-state index in [0.717, 1.165) is 6.07 Å². The third-order valence-electron chi connectivity index (χ3n) is 2.31. The Labute approximate surface area is 99.6 Å². The van der Waals surface area contributed by atoms with Crippen molar-refractivity contribution in [1.29, 1.82) is 0 Å². The van der Waals surface area contributed by atoms with E-state index in [4.69, 9.17) is 4.74 Å². The highest BCUT2D eigenvalue weighted by Crippen LogP contribution is 2.10. The molecule has 0 aliphatic rings. The lowest BCUT2D eigenvalue weighted by Gasteiger charge is -2.04. The van der Waals surface area contributed by atoms with E-state index >= 15 is 0 Å². The van der Waals surface area contributed by atoms with Gasteiger partial charge in [-0.3, -0.25) is 0 Å². The number of ketones is 1. The molecule has 4 heteroatoms. The largest absolute Gasteiger partial charge is 0.462 e. The fourth-order valence-electron chi connectivity index (χ4n) is 1.29. The van der Waals surface area contributed by atoms with E-state index in [0.29, 0.717) is 18.4 Å². The standard InChI is InChI=1S/C13H15FO3/c1-9-5-6-11(8-12(9)14)13(16)17-7-3-4-10(2)15/h5-6,8H,3-4,7H2,1-2H3. The SMILES string of the molecule is CC(=O)CCCOC(=O)c1ccc(C)c(F)c1. The van der Waals surface area contributed by atoms with E-state index in [1.54, 1.807) is 6.92 Å². The van der Waals surface area contributed by atoms with Crippen LogP contribution in [0.15, 0.2) is 18.2 Å². The van der Waals surface area contributed by atoms with Crippen molar-refractivity contribution in [3.8, 4) is 0 Å². The minimum atomic E-state index is -0.563. The number of benzene rings is 1.